The van der Waals surface area contributed by atoms with Gasteiger partial charge in [-0.25, -0.2) is 4.79 Å². The van der Waals surface area contributed by atoms with Crippen molar-refractivity contribution in [1.82, 2.24) is 5.32 Å². The van der Waals surface area contributed by atoms with E-state index < -0.39 is 12.0 Å². The van der Waals surface area contributed by atoms with E-state index in [1.807, 2.05) is 6.07 Å². The monoisotopic (exact) mass is 236 g/mol. The Morgan fingerprint density at radius 2 is 1.94 bits per heavy atom. The van der Waals surface area contributed by atoms with Crippen LogP contribution in [0.5, 0.6) is 0 Å². The number of hydrogen-bond acceptors (Lipinski definition) is 4. The molecule has 0 radical (unpaired) electrons. The number of nitrogens with one attached hydrogen (secondary N) is 2. The molecule has 0 aliphatic rings. The Kier molecular flexibility index (Phi) is 4.51. The minimum Gasteiger partial charge on any atom is -0.467 e. The topological polar surface area (TPSA) is 67.4 Å². The second-order valence-corrected chi connectivity index (χ2v) is 3.51. The van der Waals surface area contributed by atoms with Gasteiger partial charge in [-0.15, -0.1) is 0 Å². The van der Waals surface area contributed by atoms with Gasteiger partial charge < -0.3 is 15.4 Å². The number of benzene rings is 1. The van der Waals surface area contributed by atoms with Crippen LogP contribution in [0, 0.1) is 0 Å². The molecule has 0 bridgehead atoms. The largest absolute Gasteiger partial charge is 0.467 e. The van der Waals surface area contributed by atoms with Crippen molar-refractivity contribution in [3.63, 3.8) is 0 Å². The van der Waals surface area contributed by atoms with Crippen molar-refractivity contribution in [2.75, 3.05) is 19.5 Å². The predicted molar refractivity (Wildman–Crippen MR) is 64.9 cm³/mol. The molecule has 2 N–H and O–H groups in total. The van der Waals surface area contributed by atoms with Gasteiger partial charge >= 0.3 is 5.97 Å². The maximum atomic E-state index is 11.9. The molecule has 0 heterocycles. The second-order valence-electron chi connectivity index (χ2n) is 3.51. The zero-order valence-corrected chi connectivity index (χ0v) is 10.1. The number of para-hydroxylation sites is 1. The van der Waals surface area contributed by atoms with Gasteiger partial charge in [0.1, 0.15) is 6.04 Å². The van der Waals surface area contributed by atoms with Crippen molar-refractivity contribution in [3.05, 3.63) is 29.8 Å². The van der Waals surface area contributed by atoms with Crippen LogP contribution in [0.15, 0.2) is 24.3 Å². The summed E-state index contributed by atoms with van der Waals surface area (Å²) < 4.78 is 4.54. The SMILES string of the molecule is CNc1ccccc1C(=O)N[C@@H](C)C(=O)OC. The molecule has 1 aromatic carbocycles. The number of methoxy groups -OCH3 is 1. The van der Waals surface area contributed by atoms with Crippen LogP contribution in [0.1, 0.15) is 17.3 Å². The fourth-order valence-electron chi connectivity index (χ4n) is 1.41. The molecule has 1 aromatic rings. The standard InChI is InChI=1S/C12H16N2O3/c1-8(12(16)17-3)14-11(15)9-6-4-5-7-10(9)13-2/h4-8,13H,1-3H3,(H,14,15)/t8-/m0/s1. The van der Waals surface area contributed by atoms with Gasteiger partial charge in [0.05, 0.1) is 12.7 Å². The van der Waals surface area contributed by atoms with Gasteiger partial charge in [0.25, 0.3) is 5.91 Å². The Morgan fingerprint density at radius 1 is 1.29 bits per heavy atom. The number of hydrogen-bond donors (Lipinski definition) is 2. The van der Waals surface area contributed by atoms with Crippen molar-refractivity contribution < 1.29 is 14.3 Å². The van der Waals surface area contributed by atoms with Crippen molar-refractivity contribution in [2.24, 2.45) is 0 Å². The van der Waals surface area contributed by atoms with Crippen molar-refractivity contribution >= 4 is 17.6 Å². The van der Waals surface area contributed by atoms with E-state index in [0.717, 1.165) is 0 Å². The summed E-state index contributed by atoms with van der Waals surface area (Å²) >= 11 is 0. The summed E-state index contributed by atoms with van der Waals surface area (Å²) in [4.78, 5) is 23.1. The molecule has 0 saturated heterocycles. The third-order valence-corrected chi connectivity index (χ3v) is 2.34. The highest BCUT2D eigenvalue weighted by Gasteiger charge is 2.18. The molecule has 17 heavy (non-hydrogen) atoms. The van der Waals surface area contributed by atoms with Crippen LogP contribution < -0.4 is 10.6 Å². The van der Waals surface area contributed by atoms with Gasteiger partial charge in [-0.05, 0) is 19.1 Å². The Balaban J connectivity index is 2.79. The quantitative estimate of drug-likeness (QED) is 0.766. The van der Waals surface area contributed by atoms with Crippen molar-refractivity contribution in [3.8, 4) is 0 Å². The molecule has 1 rings (SSSR count). The summed E-state index contributed by atoms with van der Waals surface area (Å²) in [7, 11) is 3.02. The van der Waals surface area contributed by atoms with E-state index in [4.69, 9.17) is 0 Å². The first kappa shape index (κ1) is 13.0. The molecule has 1 amide bonds. The van der Waals surface area contributed by atoms with E-state index in [1.54, 1.807) is 32.2 Å². The maximum absolute atomic E-state index is 11.9. The molecule has 0 aliphatic heterocycles. The van der Waals surface area contributed by atoms with E-state index in [2.05, 4.69) is 15.4 Å². The first-order valence-corrected chi connectivity index (χ1v) is 5.25. The Morgan fingerprint density at radius 3 is 2.53 bits per heavy atom. The molecule has 5 heteroatoms. The summed E-state index contributed by atoms with van der Waals surface area (Å²) in [6, 6.07) is 6.39. The summed E-state index contributed by atoms with van der Waals surface area (Å²) in [5.74, 6) is -0.784. The van der Waals surface area contributed by atoms with Crippen molar-refractivity contribution in [1.29, 1.82) is 0 Å². The third kappa shape index (κ3) is 3.21. The zero-order valence-electron chi connectivity index (χ0n) is 10.1. The number of carbonyl (C=O) groups excluding carboxylic acids is 2. The van der Waals surface area contributed by atoms with Gasteiger partial charge in [0, 0.05) is 12.7 Å². The van der Waals surface area contributed by atoms with Crippen LogP contribution in [0.4, 0.5) is 5.69 Å². The van der Waals surface area contributed by atoms with E-state index in [-0.39, 0.29) is 5.91 Å². The average molecular weight is 236 g/mol. The van der Waals surface area contributed by atoms with E-state index >= 15 is 0 Å². The predicted octanol–water partition coefficient (Wildman–Crippen LogP) is 1.02. The molecule has 1 atom stereocenters. The van der Waals surface area contributed by atoms with Gasteiger partial charge in [-0.2, -0.15) is 0 Å². The molecule has 0 fully saturated rings. The van der Waals surface area contributed by atoms with Gasteiger partial charge in [-0.1, -0.05) is 12.1 Å². The molecular formula is C12H16N2O3. The van der Waals surface area contributed by atoms with Gasteiger partial charge in [0.2, 0.25) is 0 Å². The first-order valence-electron chi connectivity index (χ1n) is 5.25. The molecule has 0 aromatic heterocycles. The van der Waals surface area contributed by atoms with Gasteiger partial charge in [-0.3, -0.25) is 4.79 Å². The minimum atomic E-state index is -0.669. The first-order chi connectivity index (χ1) is 8.10. The molecule has 92 valence electrons. The highest BCUT2D eigenvalue weighted by molar-refractivity contribution is 6.01. The van der Waals surface area contributed by atoms with Gasteiger partial charge in [0.15, 0.2) is 0 Å². The summed E-state index contributed by atoms with van der Waals surface area (Å²) in [6.45, 7) is 1.58. The van der Waals surface area contributed by atoms with Crippen LogP contribution in [0.3, 0.4) is 0 Å². The lowest BCUT2D eigenvalue weighted by Gasteiger charge is -2.13. The third-order valence-electron chi connectivity index (χ3n) is 2.34. The van der Waals surface area contributed by atoms with Crippen LogP contribution in [0.25, 0.3) is 0 Å². The normalized spacial score (nSPS) is 11.5. The number of esters is 1. The highest BCUT2D eigenvalue weighted by Crippen LogP contribution is 2.13. The van der Waals surface area contributed by atoms with Crippen LogP contribution in [-0.2, 0) is 9.53 Å². The van der Waals surface area contributed by atoms with Crippen molar-refractivity contribution in [2.45, 2.75) is 13.0 Å². The summed E-state index contributed by atoms with van der Waals surface area (Å²) in [5, 5.41) is 5.48. The van der Waals surface area contributed by atoms with E-state index in [9.17, 15) is 9.59 Å². The fourth-order valence-corrected chi connectivity index (χ4v) is 1.41. The number of rotatable bonds is 4. The molecule has 0 saturated carbocycles. The van der Waals surface area contributed by atoms with Crippen LogP contribution in [0.2, 0.25) is 0 Å². The second kappa shape index (κ2) is 5.89. The molecular weight excluding hydrogens is 220 g/mol. The summed E-state index contributed by atoms with van der Waals surface area (Å²) in [6.07, 6.45) is 0. The number of carbonyl (C=O) groups is 2. The van der Waals surface area contributed by atoms with Crippen LogP contribution >= 0.6 is 0 Å². The number of ether oxygens (including phenoxy) is 1. The zero-order chi connectivity index (χ0) is 12.8. The summed E-state index contributed by atoms with van der Waals surface area (Å²) in [5.41, 5.74) is 1.20. The Hall–Kier alpha value is -2.04. The van der Waals surface area contributed by atoms with E-state index in [0.29, 0.717) is 11.3 Å². The maximum Gasteiger partial charge on any atom is 0.328 e. The molecule has 0 unspecified atom stereocenters. The molecule has 5 nitrogen and oxygen atoms in total. The lowest BCUT2D eigenvalue weighted by molar-refractivity contribution is -0.142. The Labute approximate surface area is 100 Å². The smallest absolute Gasteiger partial charge is 0.328 e. The Bertz CT molecular complexity index is 418. The lowest BCUT2D eigenvalue weighted by atomic mass is 10.1. The highest BCUT2D eigenvalue weighted by atomic mass is 16.5. The average Bonchev–Trinajstić information content (AvgIpc) is 2.37. The number of amides is 1. The minimum absolute atomic E-state index is 0.312. The van der Waals surface area contributed by atoms with E-state index in [1.165, 1.54) is 7.11 Å². The van der Waals surface area contributed by atoms with Crippen LogP contribution in [-0.4, -0.2) is 32.1 Å². The molecule has 0 spiro atoms. The number of anilines is 1. The fraction of sp³-hybridized carbons (Fsp3) is 0.333. The molecule has 0 aliphatic carbocycles. The lowest BCUT2D eigenvalue weighted by Crippen LogP contribution is -2.39.